The molecule has 0 radical (unpaired) electrons. The molecule has 7 nitrogen and oxygen atoms in total. The zero-order valence-corrected chi connectivity index (χ0v) is 18.8. The second-order valence-electron chi connectivity index (χ2n) is 7.75. The average Bonchev–Trinajstić information content (AvgIpc) is 2.83. The maximum Gasteiger partial charge on any atom is 0.340 e. The highest BCUT2D eigenvalue weighted by Crippen LogP contribution is 2.17. The van der Waals surface area contributed by atoms with E-state index in [-0.39, 0.29) is 23.7 Å². The smallest absolute Gasteiger partial charge is 0.340 e. The molecule has 0 bridgehead atoms. The van der Waals surface area contributed by atoms with Gasteiger partial charge < -0.3 is 15.4 Å². The average molecular weight is 459 g/mol. The molecule has 0 saturated carbocycles. The van der Waals surface area contributed by atoms with Gasteiger partial charge in [0.05, 0.1) is 23.7 Å². The predicted octanol–water partition coefficient (Wildman–Crippen LogP) is 3.34. The molecule has 34 heavy (non-hydrogen) atoms. The summed E-state index contributed by atoms with van der Waals surface area (Å²) in [6, 6.07) is 24.2. The Morgan fingerprint density at radius 2 is 1.35 bits per heavy atom. The Hall–Kier alpha value is -4.26. The zero-order chi connectivity index (χ0) is 24.3. The van der Waals surface area contributed by atoms with Gasteiger partial charge in [0.15, 0.2) is 12.4 Å². The summed E-state index contributed by atoms with van der Waals surface area (Å²) in [5.41, 5.74) is 2.16. The van der Waals surface area contributed by atoms with Gasteiger partial charge in [-0.3, -0.25) is 14.4 Å². The maximum absolute atomic E-state index is 12.6. The van der Waals surface area contributed by atoms with Crippen molar-refractivity contribution < 1.29 is 23.9 Å². The van der Waals surface area contributed by atoms with Gasteiger partial charge in [-0.1, -0.05) is 72.8 Å². The highest BCUT2D eigenvalue weighted by atomic mass is 16.5. The Labute approximate surface area is 198 Å². The fourth-order valence-electron chi connectivity index (χ4n) is 3.34. The van der Waals surface area contributed by atoms with Crippen molar-refractivity contribution in [3.63, 3.8) is 0 Å². The normalized spacial score (nSPS) is 11.2. The van der Waals surface area contributed by atoms with E-state index in [1.165, 1.54) is 13.0 Å². The molecule has 174 valence electrons. The van der Waals surface area contributed by atoms with Crippen LogP contribution >= 0.6 is 0 Å². The summed E-state index contributed by atoms with van der Waals surface area (Å²) in [4.78, 5) is 49.3. The first-order valence-electron chi connectivity index (χ1n) is 10.9. The van der Waals surface area contributed by atoms with Crippen molar-refractivity contribution in [1.29, 1.82) is 0 Å². The van der Waals surface area contributed by atoms with Crippen molar-refractivity contribution in [3.05, 3.63) is 102 Å². The summed E-state index contributed by atoms with van der Waals surface area (Å²) < 4.78 is 5.15. The van der Waals surface area contributed by atoms with Crippen molar-refractivity contribution >= 4 is 29.3 Å². The number of nitrogens with one attached hydrogen (secondary N) is 2. The van der Waals surface area contributed by atoms with E-state index in [0.717, 1.165) is 11.1 Å². The van der Waals surface area contributed by atoms with Crippen molar-refractivity contribution in [2.75, 3.05) is 11.9 Å². The third kappa shape index (κ3) is 7.41. The largest absolute Gasteiger partial charge is 0.452 e. The van der Waals surface area contributed by atoms with Crippen LogP contribution < -0.4 is 10.6 Å². The number of esters is 1. The topological polar surface area (TPSA) is 102 Å². The molecule has 0 aromatic heterocycles. The third-order valence-corrected chi connectivity index (χ3v) is 5.07. The van der Waals surface area contributed by atoms with Gasteiger partial charge in [0.25, 0.3) is 5.91 Å². The van der Waals surface area contributed by atoms with Crippen molar-refractivity contribution in [2.24, 2.45) is 0 Å². The Morgan fingerprint density at radius 3 is 2.00 bits per heavy atom. The van der Waals surface area contributed by atoms with Crippen LogP contribution in [0.2, 0.25) is 0 Å². The van der Waals surface area contributed by atoms with E-state index in [1.807, 2.05) is 60.7 Å². The van der Waals surface area contributed by atoms with Crippen LogP contribution in [-0.4, -0.2) is 36.2 Å². The Bertz CT molecular complexity index is 1150. The van der Waals surface area contributed by atoms with Crippen LogP contribution in [0.25, 0.3) is 0 Å². The molecule has 3 aromatic rings. The number of ether oxygens (including phenoxy) is 1. The summed E-state index contributed by atoms with van der Waals surface area (Å²) in [5.74, 6) is -1.83. The van der Waals surface area contributed by atoms with Crippen LogP contribution in [0.4, 0.5) is 5.69 Å². The number of hydrogen-bond acceptors (Lipinski definition) is 5. The fourth-order valence-corrected chi connectivity index (χ4v) is 3.34. The monoisotopic (exact) mass is 458 g/mol. The van der Waals surface area contributed by atoms with E-state index in [2.05, 4.69) is 10.6 Å². The van der Waals surface area contributed by atoms with Gasteiger partial charge in [-0.25, -0.2) is 4.79 Å². The van der Waals surface area contributed by atoms with Crippen LogP contribution in [0.15, 0.2) is 84.9 Å². The number of carbonyl (C=O) groups excluding carboxylic acids is 4. The minimum atomic E-state index is -0.756. The summed E-state index contributed by atoms with van der Waals surface area (Å²) in [7, 11) is 0. The first-order chi connectivity index (χ1) is 16.4. The number of rotatable bonds is 10. The number of benzene rings is 3. The van der Waals surface area contributed by atoms with E-state index in [4.69, 9.17) is 4.74 Å². The van der Waals surface area contributed by atoms with E-state index >= 15 is 0 Å². The minimum absolute atomic E-state index is 0.129. The second-order valence-corrected chi connectivity index (χ2v) is 7.75. The molecule has 7 heteroatoms. The number of amides is 2. The first kappa shape index (κ1) is 24.4. The molecule has 2 amide bonds. The van der Waals surface area contributed by atoms with Gasteiger partial charge in [0, 0.05) is 0 Å². The summed E-state index contributed by atoms with van der Waals surface area (Å²) >= 11 is 0. The molecule has 0 spiro atoms. The molecule has 0 aliphatic heterocycles. The number of ketones is 1. The quantitative estimate of drug-likeness (QED) is 0.454. The molecular formula is C27H26N2O5. The van der Waals surface area contributed by atoms with E-state index in [1.54, 1.807) is 18.2 Å². The maximum atomic E-state index is 12.6. The van der Waals surface area contributed by atoms with Crippen LogP contribution in [0.5, 0.6) is 0 Å². The second kappa shape index (κ2) is 12.1. The molecular weight excluding hydrogens is 432 g/mol. The van der Waals surface area contributed by atoms with Gasteiger partial charge in [-0.2, -0.15) is 0 Å². The molecule has 1 unspecified atom stereocenters. The lowest BCUT2D eigenvalue weighted by molar-refractivity contribution is -0.128. The van der Waals surface area contributed by atoms with Gasteiger partial charge in [0.2, 0.25) is 5.91 Å². The zero-order valence-electron chi connectivity index (χ0n) is 18.8. The van der Waals surface area contributed by atoms with Gasteiger partial charge in [-0.15, -0.1) is 0 Å². The predicted molar refractivity (Wildman–Crippen MR) is 128 cm³/mol. The molecule has 0 saturated heterocycles. The van der Waals surface area contributed by atoms with E-state index in [0.29, 0.717) is 12.1 Å². The summed E-state index contributed by atoms with van der Waals surface area (Å²) in [5, 5.41) is 5.33. The SMILES string of the molecule is CC(=O)C(Cc1ccccc1)NC(=O)COC(=O)c1ccccc1NC(=O)Cc1ccccc1. The lowest BCUT2D eigenvalue weighted by atomic mass is 10.0. The van der Waals surface area contributed by atoms with Crippen molar-refractivity contribution in [3.8, 4) is 0 Å². The number of para-hydroxylation sites is 1. The van der Waals surface area contributed by atoms with Crippen molar-refractivity contribution in [2.45, 2.75) is 25.8 Å². The summed E-state index contributed by atoms with van der Waals surface area (Å²) in [6.45, 7) is 0.845. The lowest BCUT2D eigenvalue weighted by Gasteiger charge is -2.16. The van der Waals surface area contributed by atoms with Crippen LogP contribution in [-0.2, 0) is 32.0 Å². The molecule has 1 atom stereocenters. The molecule has 0 heterocycles. The van der Waals surface area contributed by atoms with E-state index in [9.17, 15) is 19.2 Å². The Balaban J connectivity index is 1.56. The van der Waals surface area contributed by atoms with Crippen molar-refractivity contribution in [1.82, 2.24) is 5.32 Å². The number of anilines is 1. The minimum Gasteiger partial charge on any atom is -0.452 e. The van der Waals surface area contributed by atoms with Gasteiger partial charge in [0.1, 0.15) is 0 Å². The third-order valence-electron chi connectivity index (χ3n) is 5.07. The number of Topliss-reactive ketones (excluding diaryl/α,β-unsaturated/α-hetero) is 1. The van der Waals surface area contributed by atoms with Gasteiger partial charge >= 0.3 is 5.97 Å². The Morgan fingerprint density at radius 1 is 0.765 bits per heavy atom. The number of hydrogen-bond donors (Lipinski definition) is 2. The Kier molecular flexibility index (Phi) is 8.68. The molecule has 2 N–H and O–H groups in total. The lowest BCUT2D eigenvalue weighted by Crippen LogP contribution is -2.43. The fraction of sp³-hybridized carbons (Fsp3) is 0.185. The molecule has 0 aliphatic rings. The molecule has 3 aromatic carbocycles. The molecule has 0 aliphatic carbocycles. The number of carbonyl (C=O) groups is 4. The van der Waals surface area contributed by atoms with Crippen LogP contribution in [0.3, 0.4) is 0 Å². The van der Waals surface area contributed by atoms with E-state index < -0.39 is 24.5 Å². The molecule has 0 fully saturated rings. The van der Waals surface area contributed by atoms with Crippen LogP contribution in [0.1, 0.15) is 28.4 Å². The van der Waals surface area contributed by atoms with Gasteiger partial charge in [-0.05, 0) is 36.6 Å². The highest BCUT2D eigenvalue weighted by molar-refractivity contribution is 6.02. The first-order valence-corrected chi connectivity index (χ1v) is 10.9. The van der Waals surface area contributed by atoms with Crippen LogP contribution in [0, 0.1) is 0 Å². The summed E-state index contributed by atoms with van der Waals surface area (Å²) in [6.07, 6.45) is 0.493. The highest BCUT2D eigenvalue weighted by Gasteiger charge is 2.20. The molecule has 3 rings (SSSR count). The standard InChI is InChI=1S/C27H26N2O5/c1-19(30)24(16-20-10-4-2-5-11-20)29-26(32)18-34-27(33)22-14-8-9-15-23(22)28-25(31)17-21-12-6-3-7-13-21/h2-15,24H,16-18H2,1H3,(H,28,31)(H,29,32).